The molecule has 0 aliphatic heterocycles. The van der Waals surface area contributed by atoms with Crippen molar-refractivity contribution in [1.82, 2.24) is 0 Å². The topological polar surface area (TPSA) is 0 Å². The normalized spacial score (nSPS) is 13.9. The van der Waals surface area contributed by atoms with Crippen LogP contribution in [0, 0.1) is 0 Å². The minimum Gasteiger partial charge on any atom is -0.0888 e. The Morgan fingerprint density at radius 2 is 1.75 bits per heavy atom. The lowest BCUT2D eigenvalue weighted by molar-refractivity contribution is 0.584. The molecule has 1 aromatic rings. The molecule has 0 amide bonds. The fourth-order valence-electron chi connectivity index (χ4n) is 2.70. The average molecular weight is 272 g/mol. The van der Waals surface area contributed by atoms with Crippen LogP contribution in [-0.2, 0) is 11.8 Å². The van der Waals surface area contributed by atoms with Crippen molar-refractivity contribution in [1.29, 1.82) is 0 Å². The van der Waals surface area contributed by atoms with Crippen LogP contribution in [0.5, 0.6) is 0 Å². The zero-order chi connectivity index (χ0) is 15.2. The highest BCUT2D eigenvalue weighted by Crippen LogP contribution is 2.32. The van der Waals surface area contributed by atoms with Crippen molar-refractivity contribution < 1.29 is 0 Å². The van der Waals surface area contributed by atoms with E-state index in [1.807, 2.05) is 0 Å². The fourth-order valence-corrected chi connectivity index (χ4v) is 2.70. The van der Waals surface area contributed by atoms with Crippen molar-refractivity contribution in [2.24, 2.45) is 0 Å². The molecule has 112 valence electrons. The molecule has 0 N–H and O–H groups in total. The molecule has 0 spiro atoms. The van der Waals surface area contributed by atoms with Gasteiger partial charge in [-0.25, -0.2) is 0 Å². The first-order chi connectivity index (χ1) is 9.43. The van der Waals surface area contributed by atoms with E-state index in [1.165, 1.54) is 24.0 Å². The molecule has 0 saturated carbocycles. The summed E-state index contributed by atoms with van der Waals surface area (Å²) in [6, 6.07) is 7.13. The zero-order valence-corrected chi connectivity index (χ0v) is 14.3. The first kappa shape index (κ1) is 17.0. The van der Waals surface area contributed by atoms with Gasteiger partial charge in [-0.15, -0.1) is 0 Å². The van der Waals surface area contributed by atoms with Gasteiger partial charge in [-0.05, 0) is 53.7 Å². The van der Waals surface area contributed by atoms with Crippen LogP contribution in [0.15, 0.2) is 30.4 Å². The van der Waals surface area contributed by atoms with E-state index < -0.39 is 0 Å². The Morgan fingerprint density at radius 3 is 2.25 bits per heavy atom. The Hall–Kier alpha value is -1.04. The molecule has 0 aliphatic carbocycles. The minimum absolute atomic E-state index is 0.235. The number of rotatable bonds is 6. The van der Waals surface area contributed by atoms with E-state index in [0.29, 0.717) is 5.92 Å². The van der Waals surface area contributed by atoms with Crippen molar-refractivity contribution >= 4 is 0 Å². The Balaban J connectivity index is 3.13. The molecule has 0 fully saturated rings. The van der Waals surface area contributed by atoms with Crippen molar-refractivity contribution in [3.8, 4) is 0 Å². The van der Waals surface area contributed by atoms with E-state index in [-0.39, 0.29) is 5.41 Å². The molecule has 0 heterocycles. The third-order valence-corrected chi connectivity index (χ3v) is 4.15. The minimum atomic E-state index is 0.235. The van der Waals surface area contributed by atoms with Crippen LogP contribution in [0.1, 0.15) is 83.4 Å². The van der Waals surface area contributed by atoms with Crippen molar-refractivity contribution in [2.45, 2.75) is 78.6 Å². The van der Waals surface area contributed by atoms with Crippen LogP contribution in [0.2, 0.25) is 0 Å². The van der Waals surface area contributed by atoms with Crippen LogP contribution in [0.25, 0.3) is 0 Å². The molecule has 0 heteroatoms. The Kier molecular flexibility index (Phi) is 6.52. The Labute approximate surface area is 126 Å². The maximum atomic E-state index is 2.47. The Bertz CT molecular complexity index is 432. The van der Waals surface area contributed by atoms with E-state index in [1.54, 1.807) is 5.56 Å². The van der Waals surface area contributed by atoms with Crippen LogP contribution in [0.4, 0.5) is 0 Å². The molecule has 0 aliphatic rings. The van der Waals surface area contributed by atoms with Gasteiger partial charge in [-0.3, -0.25) is 0 Å². The zero-order valence-electron chi connectivity index (χ0n) is 14.3. The quantitative estimate of drug-likeness (QED) is 0.526. The van der Waals surface area contributed by atoms with Crippen LogP contribution in [0.3, 0.4) is 0 Å². The van der Waals surface area contributed by atoms with Crippen molar-refractivity contribution in [2.75, 3.05) is 0 Å². The molecule has 1 atom stereocenters. The van der Waals surface area contributed by atoms with Gasteiger partial charge in [0.2, 0.25) is 0 Å². The number of allylic oxidation sites excluding steroid dienone is 2. The predicted molar refractivity (Wildman–Crippen MR) is 91.6 cm³/mol. The number of aryl methyl sites for hydroxylation is 1. The highest BCUT2D eigenvalue weighted by atomic mass is 14.2. The summed E-state index contributed by atoms with van der Waals surface area (Å²) in [6.45, 7) is 13.7. The lowest BCUT2D eigenvalue weighted by Gasteiger charge is -2.24. The number of benzene rings is 1. The van der Waals surface area contributed by atoms with E-state index in [9.17, 15) is 0 Å². The van der Waals surface area contributed by atoms with E-state index in [4.69, 9.17) is 0 Å². The maximum Gasteiger partial charge on any atom is -0.0127 e. The summed E-state index contributed by atoms with van der Waals surface area (Å²) in [7, 11) is 0. The number of hydrogen-bond acceptors (Lipinski definition) is 0. The summed E-state index contributed by atoms with van der Waals surface area (Å²) in [5.74, 6) is 0.662. The highest BCUT2D eigenvalue weighted by molar-refractivity contribution is 5.38. The second-order valence-electron chi connectivity index (χ2n) is 6.74. The van der Waals surface area contributed by atoms with Gasteiger partial charge in [0, 0.05) is 0 Å². The van der Waals surface area contributed by atoms with Gasteiger partial charge in [0.05, 0.1) is 0 Å². The third kappa shape index (κ3) is 4.51. The van der Waals surface area contributed by atoms with Crippen LogP contribution >= 0.6 is 0 Å². The fraction of sp³-hybridized carbons (Fsp3) is 0.600. The lowest BCUT2D eigenvalue weighted by atomic mass is 9.81. The summed E-state index contributed by atoms with van der Waals surface area (Å²) in [5, 5.41) is 0. The van der Waals surface area contributed by atoms with Gasteiger partial charge in [-0.1, -0.05) is 71.9 Å². The summed E-state index contributed by atoms with van der Waals surface area (Å²) in [6.07, 6.45) is 9.31. The number of hydrogen-bond donors (Lipinski definition) is 0. The van der Waals surface area contributed by atoms with Gasteiger partial charge >= 0.3 is 0 Å². The second-order valence-corrected chi connectivity index (χ2v) is 6.74. The third-order valence-electron chi connectivity index (χ3n) is 4.15. The van der Waals surface area contributed by atoms with Crippen molar-refractivity contribution in [3.05, 3.63) is 47.0 Å². The highest BCUT2D eigenvalue weighted by Gasteiger charge is 2.18. The Morgan fingerprint density at radius 1 is 1.05 bits per heavy atom. The molecule has 1 aromatic carbocycles. The van der Waals surface area contributed by atoms with Gasteiger partial charge < -0.3 is 0 Å². The van der Waals surface area contributed by atoms with Crippen molar-refractivity contribution in [3.63, 3.8) is 0 Å². The molecule has 0 bridgehead atoms. The molecule has 1 rings (SSSR count). The van der Waals surface area contributed by atoms with Gasteiger partial charge in [0.25, 0.3) is 0 Å². The average Bonchev–Trinajstić information content (AvgIpc) is 2.42. The molecule has 0 aromatic heterocycles. The molecule has 0 saturated heterocycles. The van der Waals surface area contributed by atoms with Gasteiger partial charge in [-0.2, -0.15) is 0 Å². The first-order valence-corrected chi connectivity index (χ1v) is 8.22. The molecule has 0 nitrogen and oxygen atoms in total. The monoisotopic (exact) mass is 272 g/mol. The maximum absolute atomic E-state index is 2.47. The summed E-state index contributed by atoms with van der Waals surface area (Å²) >= 11 is 0. The largest absolute Gasteiger partial charge is 0.0888 e. The van der Waals surface area contributed by atoms with Crippen LogP contribution in [-0.4, -0.2) is 0 Å². The standard InChI is InChI=1S/C20H32/c1-7-10-11-12-16(8-2)19-15-18(20(4,5)6)14-13-17(19)9-3/h10-11,13-16H,7-9,12H2,1-6H3/b11-10-. The van der Waals surface area contributed by atoms with E-state index in [0.717, 1.165) is 12.8 Å². The lowest BCUT2D eigenvalue weighted by Crippen LogP contribution is -2.13. The first-order valence-electron chi connectivity index (χ1n) is 8.22. The molecule has 1 unspecified atom stereocenters. The van der Waals surface area contributed by atoms with Gasteiger partial charge in [0.15, 0.2) is 0 Å². The molecule has 0 radical (unpaired) electrons. The second kappa shape index (κ2) is 7.67. The van der Waals surface area contributed by atoms with E-state index in [2.05, 4.69) is 71.9 Å². The molecule has 20 heavy (non-hydrogen) atoms. The SMILES string of the molecule is CC/C=C\CC(CC)c1cc(C(C)(C)C)ccc1CC. The van der Waals surface area contributed by atoms with Gasteiger partial charge in [0.1, 0.15) is 0 Å². The summed E-state index contributed by atoms with van der Waals surface area (Å²) in [4.78, 5) is 0. The summed E-state index contributed by atoms with van der Waals surface area (Å²) in [5.41, 5.74) is 4.79. The summed E-state index contributed by atoms with van der Waals surface area (Å²) < 4.78 is 0. The molecular weight excluding hydrogens is 240 g/mol. The molecular formula is C20H32. The van der Waals surface area contributed by atoms with Crippen LogP contribution < -0.4 is 0 Å². The smallest absolute Gasteiger partial charge is 0.0127 e. The van der Waals surface area contributed by atoms with E-state index >= 15 is 0 Å². The predicted octanol–water partition coefficient (Wildman–Crippen LogP) is 6.40.